The molecule has 7 heteroatoms. The Labute approximate surface area is 178 Å². The molecule has 0 aliphatic heterocycles. The van der Waals surface area contributed by atoms with Gasteiger partial charge in [0.2, 0.25) is 0 Å². The zero-order valence-electron chi connectivity index (χ0n) is 16.4. The average Bonchev–Trinajstić information content (AvgIpc) is 2.74. The molecule has 4 aromatic carbocycles. The fraction of sp³-hybridized carbons (Fsp3) is 0. The minimum Gasteiger partial charge on any atom is -0.506 e. The lowest BCUT2D eigenvalue weighted by Gasteiger charge is -2.11. The van der Waals surface area contributed by atoms with Gasteiger partial charge in [-0.2, -0.15) is 0 Å². The molecule has 31 heavy (non-hydrogen) atoms. The van der Waals surface area contributed by atoms with E-state index in [9.17, 15) is 10.2 Å². The van der Waals surface area contributed by atoms with Crippen LogP contribution >= 0.6 is 0 Å². The Kier molecular flexibility index (Phi) is 5.40. The van der Waals surface area contributed by atoms with Gasteiger partial charge in [-0.25, -0.2) is 0 Å². The molecular formula is C24H20N2O5. The van der Waals surface area contributed by atoms with Crippen LogP contribution in [0.3, 0.4) is 0 Å². The molecule has 0 saturated carbocycles. The Balaban J connectivity index is 1.47. The lowest BCUT2D eigenvalue weighted by Crippen LogP contribution is -1.90. The molecule has 0 radical (unpaired) electrons. The van der Waals surface area contributed by atoms with E-state index in [1.54, 1.807) is 72.8 Å². The number of rotatable bonds is 6. The summed E-state index contributed by atoms with van der Waals surface area (Å²) in [6, 6.07) is 23.5. The van der Waals surface area contributed by atoms with Gasteiger partial charge in [-0.05, 0) is 48.5 Å². The van der Waals surface area contributed by atoms with E-state index in [1.807, 2.05) is 0 Å². The second-order valence-electron chi connectivity index (χ2n) is 6.70. The standard InChI is InChI=1S/C24H20N2O5/c25-21-9-7-19(13-23(21)27)30-17-5-1-3-15(11-17)29-16-4-2-6-18(12-16)31-20-8-10-22(26)24(28)14-20/h1-14,27-28H,25-26H2. The van der Waals surface area contributed by atoms with Crippen molar-refractivity contribution in [1.82, 2.24) is 0 Å². The number of hydrogen-bond acceptors (Lipinski definition) is 7. The highest BCUT2D eigenvalue weighted by Crippen LogP contribution is 2.34. The maximum atomic E-state index is 9.73. The van der Waals surface area contributed by atoms with E-state index in [-0.39, 0.29) is 22.9 Å². The van der Waals surface area contributed by atoms with Crippen molar-refractivity contribution in [2.45, 2.75) is 0 Å². The fourth-order valence-corrected chi connectivity index (χ4v) is 2.78. The maximum absolute atomic E-state index is 9.73. The van der Waals surface area contributed by atoms with Crippen molar-refractivity contribution in [2.75, 3.05) is 11.5 Å². The van der Waals surface area contributed by atoms with E-state index in [0.717, 1.165) is 0 Å². The highest BCUT2D eigenvalue weighted by Gasteiger charge is 2.06. The first kappa shape index (κ1) is 19.8. The molecule has 0 amide bonds. The zero-order chi connectivity index (χ0) is 21.8. The number of aromatic hydroxyl groups is 2. The summed E-state index contributed by atoms with van der Waals surface area (Å²) in [5.74, 6) is 2.99. The van der Waals surface area contributed by atoms with Crippen molar-refractivity contribution in [2.24, 2.45) is 0 Å². The molecule has 0 unspecified atom stereocenters. The third kappa shape index (κ3) is 4.91. The number of phenols is 2. The van der Waals surface area contributed by atoms with Crippen LogP contribution in [0.2, 0.25) is 0 Å². The van der Waals surface area contributed by atoms with Gasteiger partial charge in [0.25, 0.3) is 0 Å². The van der Waals surface area contributed by atoms with E-state index < -0.39 is 0 Å². The van der Waals surface area contributed by atoms with Gasteiger partial charge in [0, 0.05) is 24.3 Å². The average molecular weight is 416 g/mol. The molecule has 0 fully saturated rings. The van der Waals surface area contributed by atoms with Crippen LogP contribution in [0.25, 0.3) is 0 Å². The molecule has 0 spiro atoms. The van der Waals surface area contributed by atoms with Gasteiger partial charge in [-0.3, -0.25) is 0 Å². The number of phenolic OH excluding ortho intramolecular Hbond substituents is 2. The van der Waals surface area contributed by atoms with Crippen LogP contribution in [0.5, 0.6) is 46.0 Å². The number of nitrogen functional groups attached to an aromatic ring is 2. The first-order chi connectivity index (χ1) is 15.0. The Morgan fingerprint density at radius 2 is 0.774 bits per heavy atom. The lowest BCUT2D eigenvalue weighted by atomic mass is 10.2. The van der Waals surface area contributed by atoms with E-state index in [2.05, 4.69) is 0 Å². The molecule has 0 bridgehead atoms. The van der Waals surface area contributed by atoms with Crippen LogP contribution in [-0.4, -0.2) is 10.2 Å². The van der Waals surface area contributed by atoms with E-state index >= 15 is 0 Å². The Bertz CT molecular complexity index is 1130. The van der Waals surface area contributed by atoms with Crippen LogP contribution in [0.1, 0.15) is 0 Å². The van der Waals surface area contributed by atoms with Gasteiger partial charge >= 0.3 is 0 Å². The lowest BCUT2D eigenvalue weighted by molar-refractivity contribution is 0.444. The molecule has 0 atom stereocenters. The molecule has 4 aromatic rings. The van der Waals surface area contributed by atoms with Crippen LogP contribution in [0.15, 0.2) is 84.9 Å². The summed E-state index contributed by atoms with van der Waals surface area (Å²) in [7, 11) is 0. The number of hydrogen-bond donors (Lipinski definition) is 4. The zero-order valence-corrected chi connectivity index (χ0v) is 16.4. The molecular weight excluding hydrogens is 396 g/mol. The van der Waals surface area contributed by atoms with Gasteiger partial charge in [-0.1, -0.05) is 12.1 Å². The highest BCUT2D eigenvalue weighted by atomic mass is 16.5. The smallest absolute Gasteiger partial charge is 0.142 e. The molecule has 0 aliphatic rings. The fourth-order valence-electron chi connectivity index (χ4n) is 2.78. The second kappa shape index (κ2) is 8.46. The van der Waals surface area contributed by atoms with E-state index in [4.69, 9.17) is 25.7 Å². The molecule has 0 saturated heterocycles. The third-order valence-corrected chi connectivity index (χ3v) is 4.32. The first-order valence-corrected chi connectivity index (χ1v) is 9.37. The van der Waals surface area contributed by atoms with Crippen molar-refractivity contribution in [3.63, 3.8) is 0 Å². The summed E-state index contributed by atoms with van der Waals surface area (Å²) in [5.41, 5.74) is 11.8. The predicted molar refractivity (Wildman–Crippen MR) is 118 cm³/mol. The monoisotopic (exact) mass is 416 g/mol. The summed E-state index contributed by atoms with van der Waals surface area (Å²) in [6.45, 7) is 0. The summed E-state index contributed by atoms with van der Waals surface area (Å²) in [4.78, 5) is 0. The normalized spacial score (nSPS) is 10.5. The number of ether oxygens (including phenoxy) is 3. The second-order valence-corrected chi connectivity index (χ2v) is 6.70. The number of benzene rings is 4. The molecule has 6 N–H and O–H groups in total. The van der Waals surface area contributed by atoms with Crippen molar-refractivity contribution in [3.8, 4) is 46.0 Å². The van der Waals surface area contributed by atoms with E-state index in [1.165, 1.54) is 12.1 Å². The van der Waals surface area contributed by atoms with Crippen LogP contribution in [0.4, 0.5) is 11.4 Å². The van der Waals surface area contributed by atoms with Gasteiger partial charge < -0.3 is 35.9 Å². The quantitative estimate of drug-likeness (QED) is 0.237. The topological polar surface area (TPSA) is 120 Å². The predicted octanol–water partition coefficient (Wildman–Crippen LogP) is 5.64. The Morgan fingerprint density at radius 3 is 1.10 bits per heavy atom. The van der Waals surface area contributed by atoms with E-state index in [0.29, 0.717) is 34.5 Å². The summed E-state index contributed by atoms with van der Waals surface area (Å²) < 4.78 is 17.4. The van der Waals surface area contributed by atoms with Crippen LogP contribution in [-0.2, 0) is 0 Å². The van der Waals surface area contributed by atoms with Gasteiger partial charge in [0.1, 0.15) is 46.0 Å². The van der Waals surface area contributed by atoms with Crippen molar-refractivity contribution >= 4 is 11.4 Å². The minimum absolute atomic E-state index is 0.0452. The molecule has 0 heterocycles. The van der Waals surface area contributed by atoms with Gasteiger partial charge in [0.15, 0.2) is 0 Å². The molecule has 0 aromatic heterocycles. The highest BCUT2D eigenvalue weighted by molar-refractivity contribution is 5.56. The third-order valence-electron chi connectivity index (χ3n) is 4.32. The number of anilines is 2. The largest absolute Gasteiger partial charge is 0.506 e. The SMILES string of the molecule is Nc1ccc(Oc2cccc(Oc3cccc(Oc4ccc(N)c(O)c4)c3)c2)cc1O. The van der Waals surface area contributed by atoms with Crippen molar-refractivity contribution in [1.29, 1.82) is 0 Å². The Hall–Kier alpha value is -4.52. The summed E-state index contributed by atoms with van der Waals surface area (Å²) in [6.07, 6.45) is 0. The molecule has 7 nitrogen and oxygen atoms in total. The molecule has 4 rings (SSSR count). The summed E-state index contributed by atoms with van der Waals surface area (Å²) in [5, 5.41) is 19.5. The first-order valence-electron chi connectivity index (χ1n) is 9.37. The molecule has 0 aliphatic carbocycles. The van der Waals surface area contributed by atoms with Gasteiger partial charge in [0.05, 0.1) is 11.4 Å². The van der Waals surface area contributed by atoms with Crippen LogP contribution in [0, 0.1) is 0 Å². The minimum atomic E-state index is -0.0452. The van der Waals surface area contributed by atoms with Crippen molar-refractivity contribution < 1.29 is 24.4 Å². The Morgan fingerprint density at radius 1 is 0.452 bits per heavy atom. The van der Waals surface area contributed by atoms with Crippen LogP contribution < -0.4 is 25.7 Å². The van der Waals surface area contributed by atoms with Crippen molar-refractivity contribution in [3.05, 3.63) is 84.9 Å². The molecule has 156 valence electrons. The number of nitrogens with two attached hydrogens (primary N) is 2. The summed E-state index contributed by atoms with van der Waals surface area (Å²) >= 11 is 0. The maximum Gasteiger partial charge on any atom is 0.142 e. The van der Waals surface area contributed by atoms with Gasteiger partial charge in [-0.15, -0.1) is 0 Å².